The molecule has 0 aliphatic carbocycles. The van der Waals surface area contributed by atoms with Crippen molar-refractivity contribution in [2.24, 2.45) is 0 Å². The fraction of sp³-hybridized carbons (Fsp3) is 0.227. The first-order valence-electron chi connectivity index (χ1n) is 8.84. The molecule has 138 valence electrons. The molecule has 0 spiro atoms. The molecule has 27 heavy (non-hydrogen) atoms. The number of carbonyl (C=O) groups is 1. The van der Waals surface area contributed by atoms with E-state index in [0.29, 0.717) is 5.56 Å². The molecule has 4 rings (SSSR count). The molecule has 0 radical (unpaired) electrons. The van der Waals surface area contributed by atoms with Crippen molar-refractivity contribution in [3.63, 3.8) is 0 Å². The van der Waals surface area contributed by atoms with Crippen LogP contribution in [-0.4, -0.2) is 37.3 Å². The predicted molar refractivity (Wildman–Crippen MR) is 110 cm³/mol. The normalized spacial score (nSPS) is 16.5. The number of thioether (sulfide) groups is 1. The minimum Gasteiger partial charge on any atom is -0.497 e. The average Bonchev–Trinajstić information content (AvgIpc) is 3.21. The van der Waals surface area contributed by atoms with Gasteiger partial charge in [-0.05, 0) is 35.0 Å². The van der Waals surface area contributed by atoms with Gasteiger partial charge in [-0.3, -0.25) is 4.79 Å². The van der Waals surface area contributed by atoms with E-state index < -0.39 is 0 Å². The van der Waals surface area contributed by atoms with Gasteiger partial charge >= 0.3 is 0 Å². The number of fused-ring (bicyclic) bond motifs is 1. The first-order valence-corrected chi connectivity index (χ1v) is 9.89. The van der Waals surface area contributed by atoms with Crippen LogP contribution in [0, 0.1) is 0 Å². The summed E-state index contributed by atoms with van der Waals surface area (Å²) in [4.78, 5) is 15.2. The Morgan fingerprint density at radius 3 is 2.59 bits per heavy atom. The van der Waals surface area contributed by atoms with Crippen molar-refractivity contribution in [3.8, 4) is 11.5 Å². The highest BCUT2D eigenvalue weighted by molar-refractivity contribution is 7.99. The lowest BCUT2D eigenvalue weighted by Crippen LogP contribution is -2.30. The summed E-state index contributed by atoms with van der Waals surface area (Å²) in [7, 11) is 3.28. The van der Waals surface area contributed by atoms with E-state index >= 15 is 0 Å². The van der Waals surface area contributed by atoms with Crippen LogP contribution in [-0.2, 0) is 0 Å². The Kier molecular flexibility index (Phi) is 4.94. The molecular formula is C22H21NO3S. The van der Waals surface area contributed by atoms with Crippen molar-refractivity contribution < 1.29 is 14.3 Å². The molecule has 5 heteroatoms. The Balaban J connectivity index is 1.67. The summed E-state index contributed by atoms with van der Waals surface area (Å²) in [6.07, 6.45) is 0. The maximum Gasteiger partial charge on any atom is 0.255 e. The highest BCUT2D eigenvalue weighted by Gasteiger charge is 2.33. The Morgan fingerprint density at radius 2 is 1.81 bits per heavy atom. The molecule has 0 aromatic heterocycles. The summed E-state index contributed by atoms with van der Waals surface area (Å²) >= 11 is 1.76. The van der Waals surface area contributed by atoms with E-state index in [1.807, 2.05) is 59.5 Å². The Labute approximate surface area is 163 Å². The molecule has 3 aromatic rings. The topological polar surface area (TPSA) is 38.8 Å². The molecule has 3 aromatic carbocycles. The number of rotatable bonds is 4. The quantitative estimate of drug-likeness (QED) is 0.656. The molecule has 4 nitrogen and oxygen atoms in total. The predicted octanol–water partition coefficient (Wildman–Crippen LogP) is 4.74. The van der Waals surface area contributed by atoms with Gasteiger partial charge in [0.1, 0.15) is 16.9 Å². The molecule has 1 aliphatic rings. The maximum absolute atomic E-state index is 13.2. The minimum atomic E-state index is -0.0650. The Bertz CT molecular complexity index is 988. The lowest BCUT2D eigenvalue weighted by atomic mass is 10.1. The summed E-state index contributed by atoms with van der Waals surface area (Å²) in [6.45, 7) is 0.718. The highest BCUT2D eigenvalue weighted by atomic mass is 32.2. The van der Waals surface area contributed by atoms with Crippen LogP contribution in [0.15, 0.2) is 60.7 Å². The van der Waals surface area contributed by atoms with Crippen molar-refractivity contribution in [1.29, 1.82) is 0 Å². The van der Waals surface area contributed by atoms with E-state index in [4.69, 9.17) is 9.47 Å². The average molecular weight is 379 g/mol. The van der Waals surface area contributed by atoms with Crippen molar-refractivity contribution in [2.75, 3.05) is 26.5 Å². The number of benzene rings is 3. The van der Waals surface area contributed by atoms with E-state index in [-0.39, 0.29) is 11.3 Å². The zero-order valence-electron chi connectivity index (χ0n) is 15.3. The van der Waals surface area contributed by atoms with Gasteiger partial charge in [0.25, 0.3) is 5.91 Å². The number of hydrogen-bond donors (Lipinski definition) is 0. The van der Waals surface area contributed by atoms with Gasteiger partial charge < -0.3 is 14.4 Å². The molecular weight excluding hydrogens is 358 g/mol. The lowest BCUT2D eigenvalue weighted by molar-refractivity contribution is 0.0759. The largest absolute Gasteiger partial charge is 0.497 e. The second kappa shape index (κ2) is 7.53. The van der Waals surface area contributed by atoms with Crippen LogP contribution in [0.25, 0.3) is 10.8 Å². The summed E-state index contributed by atoms with van der Waals surface area (Å²) in [5.41, 5.74) is 1.71. The van der Waals surface area contributed by atoms with Crippen LogP contribution in [0.1, 0.15) is 21.3 Å². The molecule has 1 fully saturated rings. The minimum absolute atomic E-state index is 0.0497. The zero-order chi connectivity index (χ0) is 18.8. The van der Waals surface area contributed by atoms with Crippen LogP contribution in [0.5, 0.6) is 11.5 Å². The molecule has 1 amide bonds. The van der Waals surface area contributed by atoms with Gasteiger partial charge in [0.15, 0.2) is 0 Å². The van der Waals surface area contributed by atoms with Crippen molar-refractivity contribution in [1.82, 2.24) is 4.90 Å². The fourth-order valence-corrected chi connectivity index (χ4v) is 4.73. The van der Waals surface area contributed by atoms with E-state index in [0.717, 1.165) is 40.1 Å². The molecule has 1 aliphatic heterocycles. The number of nitrogens with zero attached hydrogens (tertiary/aromatic N) is 1. The third-order valence-corrected chi connectivity index (χ3v) is 6.10. The highest BCUT2D eigenvalue weighted by Crippen LogP contribution is 2.43. The summed E-state index contributed by atoms with van der Waals surface area (Å²) in [5, 5.41) is 2.15. The Hall–Kier alpha value is -2.66. The molecule has 1 heterocycles. The monoisotopic (exact) mass is 379 g/mol. The van der Waals surface area contributed by atoms with Crippen LogP contribution in [0.2, 0.25) is 0 Å². The second-order valence-corrected chi connectivity index (χ2v) is 7.58. The number of ether oxygens (including phenoxy) is 2. The van der Waals surface area contributed by atoms with Crippen LogP contribution < -0.4 is 9.47 Å². The number of carbonyl (C=O) groups excluding carboxylic acids is 1. The van der Waals surface area contributed by atoms with Gasteiger partial charge in [-0.15, -0.1) is 11.8 Å². The molecule has 1 saturated heterocycles. The molecule has 1 atom stereocenters. The second-order valence-electron chi connectivity index (χ2n) is 6.39. The van der Waals surface area contributed by atoms with Gasteiger partial charge in [-0.2, -0.15) is 0 Å². The van der Waals surface area contributed by atoms with Gasteiger partial charge in [-0.25, -0.2) is 0 Å². The molecule has 0 saturated carbocycles. The smallest absolute Gasteiger partial charge is 0.255 e. The van der Waals surface area contributed by atoms with E-state index in [1.165, 1.54) is 0 Å². The summed E-state index contributed by atoms with van der Waals surface area (Å²) in [6, 6.07) is 19.8. The standard InChI is InChI=1S/C22H21NO3S/c1-25-18-9-10-19(20(14-18)26-2)22-23(11-12-27-22)21(24)17-8-7-15-5-3-4-6-16(15)13-17/h3-10,13-14,22H,11-12H2,1-2H3/t22-/m0/s1. The van der Waals surface area contributed by atoms with Gasteiger partial charge in [0, 0.05) is 29.5 Å². The summed E-state index contributed by atoms with van der Waals surface area (Å²) in [5.74, 6) is 2.43. The van der Waals surface area contributed by atoms with Gasteiger partial charge in [0.05, 0.1) is 14.2 Å². The SMILES string of the molecule is COc1ccc([C@@H]2SCCN2C(=O)c2ccc3ccccc3c2)c(OC)c1. The van der Waals surface area contributed by atoms with Crippen molar-refractivity contribution in [3.05, 3.63) is 71.8 Å². The number of amides is 1. The number of hydrogen-bond acceptors (Lipinski definition) is 4. The van der Waals surface area contributed by atoms with E-state index in [9.17, 15) is 4.79 Å². The molecule has 0 unspecified atom stereocenters. The third-order valence-electron chi connectivity index (χ3n) is 4.85. The van der Waals surface area contributed by atoms with E-state index in [2.05, 4.69) is 6.07 Å². The van der Waals surface area contributed by atoms with Crippen LogP contribution in [0.4, 0.5) is 0 Å². The van der Waals surface area contributed by atoms with Gasteiger partial charge in [0.2, 0.25) is 0 Å². The van der Waals surface area contributed by atoms with E-state index in [1.54, 1.807) is 26.0 Å². The third kappa shape index (κ3) is 3.35. The first kappa shape index (κ1) is 17.7. The summed E-state index contributed by atoms with van der Waals surface area (Å²) < 4.78 is 10.9. The fourth-order valence-electron chi connectivity index (χ4n) is 3.45. The molecule has 0 bridgehead atoms. The Morgan fingerprint density at radius 1 is 1.00 bits per heavy atom. The molecule has 0 N–H and O–H groups in total. The first-order chi connectivity index (χ1) is 13.2. The van der Waals surface area contributed by atoms with Gasteiger partial charge in [-0.1, -0.05) is 30.3 Å². The maximum atomic E-state index is 13.2. The van der Waals surface area contributed by atoms with Crippen molar-refractivity contribution >= 4 is 28.4 Å². The lowest BCUT2D eigenvalue weighted by Gasteiger charge is -2.26. The van der Waals surface area contributed by atoms with Crippen LogP contribution >= 0.6 is 11.8 Å². The van der Waals surface area contributed by atoms with Crippen molar-refractivity contribution in [2.45, 2.75) is 5.37 Å². The zero-order valence-corrected chi connectivity index (χ0v) is 16.2. The van der Waals surface area contributed by atoms with Crippen LogP contribution in [0.3, 0.4) is 0 Å². The number of methoxy groups -OCH3 is 2.